The van der Waals surface area contributed by atoms with Crippen molar-refractivity contribution in [3.8, 4) is 0 Å². The molecule has 2 fully saturated rings. The van der Waals surface area contributed by atoms with Gasteiger partial charge in [-0.15, -0.1) is 12.6 Å². The number of ether oxygens (including phenoxy) is 1. The molecule has 2 rings (SSSR count). The van der Waals surface area contributed by atoms with Crippen molar-refractivity contribution in [3.05, 3.63) is 0 Å². The van der Waals surface area contributed by atoms with E-state index in [9.17, 15) is 4.79 Å². The Kier molecular flexibility index (Phi) is 4.05. The summed E-state index contributed by atoms with van der Waals surface area (Å²) in [5.41, 5.74) is 0. The molecule has 2 aliphatic rings. The molecular weight excluding hydrogens is 210 g/mol. The van der Waals surface area contributed by atoms with E-state index in [2.05, 4.69) is 17.5 Å². The first-order chi connectivity index (χ1) is 7.27. The van der Waals surface area contributed by atoms with Crippen LogP contribution in [0.25, 0.3) is 0 Å². The van der Waals surface area contributed by atoms with Crippen molar-refractivity contribution in [3.63, 3.8) is 0 Å². The van der Waals surface area contributed by atoms with Crippen molar-refractivity contribution in [2.45, 2.75) is 31.7 Å². The summed E-state index contributed by atoms with van der Waals surface area (Å²) in [4.78, 5) is 13.7. The van der Waals surface area contributed by atoms with Crippen LogP contribution in [0.2, 0.25) is 0 Å². The molecule has 2 unspecified atom stereocenters. The Balaban J connectivity index is 1.88. The Morgan fingerprint density at radius 1 is 1.27 bits per heavy atom. The summed E-state index contributed by atoms with van der Waals surface area (Å²) in [6, 6.07) is 0.587. The van der Waals surface area contributed by atoms with Crippen molar-refractivity contribution in [1.82, 2.24) is 4.90 Å². The first-order valence-electron chi connectivity index (χ1n) is 5.82. The number of rotatable bonds is 2. The van der Waals surface area contributed by atoms with E-state index in [0.717, 1.165) is 39.1 Å². The van der Waals surface area contributed by atoms with Crippen molar-refractivity contribution in [1.29, 1.82) is 0 Å². The van der Waals surface area contributed by atoms with Gasteiger partial charge in [0, 0.05) is 25.0 Å². The second kappa shape index (κ2) is 5.32. The van der Waals surface area contributed by atoms with Gasteiger partial charge in [-0.3, -0.25) is 9.69 Å². The molecule has 0 bridgehead atoms. The minimum Gasteiger partial charge on any atom is -0.379 e. The van der Waals surface area contributed by atoms with E-state index in [1.165, 1.54) is 12.8 Å². The van der Waals surface area contributed by atoms with Crippen LogP contribution in [-0.2, 0) is 9.53 Å². The third-order valence-corrected chi connectivity index (χ3v) is 3.92. The average Bonchev–Trinajstić information content (AvgIpc) is 2.30. The van der Waals surface area contributed by atoms with E-state index in [1.54, 1.807) is 0 Å². The van der Waals surface area contributed by atoms with Gasteiger partial charge >= 0.3 is 0 Å². The summed E-state index contributed by atoms with van der Waals surface area (Å²) in [6.45, 7) is 3.74. The minimum absolute atomic E-state index is 0.0768. The lowest BCUT2D eigenvalue weighted by Gasteiger charge is -2.38. The largest absolute Gasteiger partial charge is 0.379 e. The monoisotopic (exact) mass is 229 g/mol. The average molecular weight is 229 g/mol. The number of nitrogens with zero attached hydrogens (tertiary/aromatic N) is 1. The molecule has 0 radical (unpaired) electrons. The summed E-state index contributed by atoms with van der Waals surface area (Å²) in [6.07, 6.45) is 4.43. The zero-order valence-corrected chi connectivity index (χ0v) is 9.92. The minimum atomic E-state index is 0.0768. The second-order valence-electron chi connectivity index (χ2n) is 4.50. The summed E-state index contributed by atoms with van der Waals surface area (Å²) in [5.74, 6) is 0.190. The van der Waals surface area contributed by atoms with Crippen LogP contribution in [-0.4, -0.2) is 42.4 Å². The summed E-state index contributed by atoms with van der Waals surface area (Å²) in [5, 5.41) is 0.0768. The molecule has 0 N–H and O–H groups in total. The lowest BCUT2D eigenvalue weighted by Crippen LogP contribution is -2.46. The molecule has 0 aromatic carbocycles. The number of hydrogen-bond acceptors (Lipinski definition) is 3. The Labute approximate surface area is 96.6 Å². The zero-order valence-electron chi connectivity index (χ0n) is 9.02. The SMILES string of the molecule is O=C(S)C1CCCC(N2CCOCC2)C1. The van der Waals surface area contributed by atoms with Crippen LogP contribution in [0.3, 0.4) is 0 Å². The molecule has 0 spiro atoms. The standard InChI is InChI=1S/C11H19NO2S/c13-11(15)9-2-1-3-10(8-9)12-4-6-14-7-5-12/h9-10H,1-8H2,(H,13,15). The van der Waals surface area contributed by atoms with Gasteiger partial charge in [0.15, 0.2) is 5.12 Å². The van der Waals surface area contributed by atoms with Gasteiger partial charge in [-0.05, 0) is 19.3 Å². The highest BCUT2D eigenvalue weighted by molar-refractivity contribution is 7.96. The molecule has 0 amide bonds. The zero-order chi connectivity index (χ0) is 10.7. The number of carbonyl (C=O) groups is 1. The van der Waals surface area contributed by atoms with Gasteiger partial charge < -0.3 is 4.74 Å². The summed E-state index contributed by atoms with van der Waals surface area (Å²) >= 11 is 3.96. The lowest BCUT2D eigenvalue weighted by molar-refractivity contribution is -0.116. The Morgan fingerprint density at radius 2 is 2.00 bits per heavy atom. The fourth-order valence-corrected chi connectivity index (χ4v) is 2.90. The normalized spacial score (nSPS) is 33.9. The van der Waals surface area contributed by atoms with E-state index < -0.39 is 0 Å². The van der Waals surface area contributed by atoms with Crippen LogP contribution in [0.15, 0.2) is 0 Å². The van der Waals surface area contributed by atoms with Crippen LogP contribution in [0.4, 0.5) is 0 Å². The lowest BCUT2D eigenvalue weighted by atomic mass is 9.85. The predicted octanol–water partition coefficient (Wildman–Crippen LogP) is 1.33. The maximum Gasteiger partial charge on any atom is 0.189 e. The number of thiol groups is 1. The van der Waals surface area contributed by atoms with Crippen molar-refractivity contribution < 1.29 is 9.53 Å². The van der Waals surface area contributed by atoms with Gasteiger partial charge in [-0.25, -0.2) is 0 Å². The molecule has 1 saturated heterocycles. The van der Waals surface area contributed by atoms with Crippen molar-refractivity contribution in [2.24, 2.45) is 5.92 Å². The number of hydrogen-bond donors (Lipinski definition) is 1. The fraction of sp³-hybridized carbons (Fsp3) is 0.909. The molecule has 1 heterocycles. The third kappa shape index (κ3) is 2.95. The number of morpholine rings is 1. The van der Waals surface area contributed by atoms with Crippen LogP contribution in [0, 0.1) is 5.92 Å². The molecular formula is C11H19NO2S. The highest BCUT2D eigenvalue weighted by Gasteiger charge is 2.29. The first kappa shape index (κ1) is 11.4. The molecule has 1 aliphatic heterocycles. The van der Waals surface area contributed by atoms with E-state index in [4.69, 9.17) is 4.74 Å². The summed E-state index contributed by atoms with van der Waals surface area (Å²) in [7, 11) is 0. The van der Waals surface area contributed by atoms with Gasteiger partial charge in [-0.2, -0.15) is 0 Å². The van der Waals surface area contributed by atoms with Crippen LogP contribution in [0.5, 0.6) is 0 Å². The maximum absolute atomic E-state index is 11.2. The quantitative estimate of drug-likeness (QED) is 0.725. The Hall–Kier alpha value is -0.0600. The molecule has 86 valence electrons. The van der Waals surface area contributed by atoms with Crippen LogP contribution < -0.4 is 0 Å². The molecule has 0 aromatic heterocycles. The van der Waals surface area contributed by atoms with E-state index in [-0.39, 0.29) is 11.0 Å². The van der Waals surface area contributed by atoms with Gasteiger partial charge in [0.05, 0.1) is 13.2 Å². The summed E-state index contributed by atoms with van der Waals surface area (Å²) < 4.78 is 5.34. The van der Waals surface area contributed by atoms with Gasteiger partial charge in [0.2, 0.25) is 0 Å². The topological polar surface area (TPSA) is 29.5 Å². The Bertz CT molecular complexity index is 229. The van der Waals surface area contributed by atoms with Gasteiger partial charge in [0.1, 0.15) is 0 Å². The predicted molar refractivity (Wildman–Crippen MR) is 62.1 cm³/mol. The molecule has 4 heteroatoms. The highest BCUT2D eigenvalue weighted by Crippen LogP contribution is 2.29. The van der Waals surface area contributed by atoms with E-state index in [1.807, 2.05) is 0 Å². The molecule has 2 atom stereocenters. The van der Waals surface area contributed by atoms with Crippen LogP contribution >= 0.6 is 12.6 Å². The molecule has 3 nitrogen and oxygen atoms in total. The van der Waals surface area contributed by atoms with Crippen molar-refractivity contribution >= 4 is 17.7 Å². The highest BCUT2D eigenvalue weighted by atomic mass is 32.1. The smallest absolute Gasteiger partial charge is 0.189 e. The second-order valence-corrected chi connectivity index (χ2v) is 4.94. The molecule has 1 aliphatic carbocycles. The van der Waals surface area contributed by atoms with E-state index in [0.29, 0.717) is 6.04 Å². The van der Waals surface area contributed by atoms with Crippen LogP contribution in [0.1, 0.15) is 25.7 Å². The van der Waals surface area contributed by atoms with E-state index >= 15 is 0 Å². The molecule has 15 heavy (non-hydrogen) atoms. The first-order valence-corrected chi connectivity index (χ1v) is 6.26. The number of carbonyl (C=O) groups excluding carboxylic acids is 1. The van der Waals surface area contributed by atoms with Gasteiger partial charge in [-0.1, -0.05) is 6.42 Å². The molecule has 1 saturated carbocycles. The molecule has 0 aromatic rings. The van der Waals surface area contributed by atoms with Gasteiger partial charge in [0.25, 0.3) is 0 Å². The van der Waals surface area contributed by atoms with Crippen molar-refractivity contribution in [2.75, 3.05) is 26.3 Å². The third-order valence-electron chi connectivity index (χ3n) is 3.56. The maximum atomic E-state index is 11.2. The fourth-order valence-electron chi connectivity index (χ4n) is 2.66. The Morgan fingerprint density at radius 3 is 2.67 bits per heavy atom.